The van der Waals surface area contributed by atoms with E-state index in [0.29, 0.717) is 19.3 Å². The number of alkyl halides is 6. The Morgan fingerprint density at radius 2 is 1.36 bits per heavy atom. The number of hydrogen-bond donors (Lipinski definition) is 1. The number of hydrogen-bond acceptors (Lipinski definition) is 6. The molecule has 6 nitrogen and oxygen atoms in total. The van der Waals surface area contributed by atoms with E-state index < -0.39 is 53.2 Å². The van der Waals surface area contributed by atoms with Crippen LogP contribution < -0.4 is 0 Å². The summed E-state index contributed by atoms with van der Waals surface area (Å²) in [5, 5.41) is -2.85. The average molecular weight is 459 g/mol. The Kier molecular flexibility index (Phi) is 4.54. The van der Waals surface area contributed by atoms with Crippen molar-refractivity contribution in [3.63, 3.8) is 0 Å². The third kappa shape index (κ3) is 2.97. The summed E-state index contributed by atoms with van der Waals surface area (Å²) in [5.41, 5.74) is -2.83. The van der Waals surface area contributed by atoms with Gasteiger partial charge in [0.25, 0.3) is 0 Å². The van der Waals surface area contributed by atoms with Crippen molar-refractivity contribution in [3.05, 3.63) is 0 Å². The fourth-order valence-corrected chi connectivity index (χ4v) is 7.94. The molecule has 4 aliphatic carbocycles. The lowest BCUT2D eigenvalue weighted by atomic mass is 9.48. The topological polar surface area (TPSA) is 112 Å². The Labute approximate surface area is 157 Å². The van der Waals surface area contributed by atoms with Gasteiger partial charge < -0.3 is 9.66 Å². The van der Waals surface area contributed by atoms with Crippen LogP contribution in [0, 0.1) is 17.3 Å². The highest BCUT2D eigenvalue weighted by Crippen LogP contribution is 2.63. The van der Waals surface area contributed by atoms with Gasteiger partial charge in [-0.1, -0.05) is 0 Å². The molecule has 0 aromatic heterocycles. The Morgan fingerprint density at radius 1 is 0.893 bits per heavy atom. The summed E-state index contributed by atoms with van der Waals surface area (Å²) in [5.74, 6) is -9.01. The van der Waals surface area contributed by atoms with Gasteiger partial charge in [-0.25, -0.2) is 16.8 Å². The molecule has 4 aliphatic rings. The van der Waals surface area contributed by atoms with Gasteiger partial charge in [-0.3, -0.25) is 0 Å². The van der Waals surface area contributed by atoms with Crippen LogP contribution in [0.1, 0.15) is 38.5 Å². The lowest BCUT2D eigenvalue weighted by Gasteiger charge is -2.60. The fraction of sp³-hybridized carbons (Fsp3) is 1.00. The first-order valence-corrected chi connectivity index (χ1v) is 11.4. The molecule has 2 unspecified atom stereocenters. The van der Waals surface area contributed by atoms with Gasteiger partial charge in [-0.05, 0) is 55.8 Å². The molecule has 4 bridgehead atoms. The molecule has 0 radical (unpaired) electrons. The minimum Gasteiger partial charge on any atom is -0.743 e. The van der Waals surface area contributed by atoms with Crippen LogP contribution in [-0.2, 0) is 20.0 Å². The highest BCUT2D eigenvalue weighted by molar-refractivity contribution is 7.92. The fourth-order valence-electron chi connectivity index (χ4n) is 5.59. The minimum atomic E-state index is -7.28. The van der Waals surface area contributed by atoms with E-state index >= 15 is 0 Å². The summed E-state index contributed by atoms with van der Waals surface area (Å²) in [6.45, 7) is 0. The van der Waals surface area contributed by atoms with Crippen LogP contribution in [0.25, 0.3) is 0 Å². The smallest absolute Gasteiger partial charge is 0.414 e. The number of sulfone groups is 1. The second kappa shape index (κ2) is 5.76. The van der Waals surface area contributed by atoms with E-state index in [1.165, 1.54) is 0 Å². The summed E-state index contributed by atoms with van der Waals surface area (Å²) in [7, 11) is -13.6. The van der Waals surface area contributed by atoms with Crippen molar-refractivity contribution < 1.29 is 52.8 Å². The molecule has 2 atom stereocenters. The first-order chi connectivity index (χ1) is 12.3. The zero-order valence-electron chi connectivity index (χ0n) is 14.2. The first kappa shape index (κ1) is 22.1. The van der Waals surface area contributed by atoms with Gasteiger partial charge in [0.1, 0.15) is 0 Å². The second-order valence-corrected chi connectivity index (χ2v) is 12.0. The molecule has 0 aromatic rings. The lowest BCUT2D eigenvalue weighted by molar-refractivity contribution is -0.246. The van der Waals surface area contributed by atoms with E-state index in [2.05, 4.69) is 0 Å². The molecule has 1 N–H and O–H groups in total. The maximum absolute atomic E-state index is 14.1. The molecule has 0 saturated heterocycles. The van der Waals surface area contributed by atoms with Crippen molar-refractivity contribution in [3.8, 4) is 0 Å². The molecule has 4 fully saturated rings. The summed E-state index contributed by atoms with van der Waals surface area (Å²) >= 11 is 0. The molecule has 0 spiro atoms. The predicted molar refractivity (Wildman–Crippen MR) is 80.4 cm³/mol. The van der Waals surface area contributed by atoms with Gasteiger partial charge in [-0.2, -0.15) is 26.3 Å². The van der Waals surface area contributed by atoms with Crippen molar-refractivity contribution in [2.75, 3.05) is 5.75 Å². The van der Waals surface area contributed by atoms with E-state index in [4.69, 9.17) is 0 Å². The second-order valence-electron chi connectivity index (χ2n) is 8.51. The highest BCUT2D eigenvalue weighted by Gasteiger charge is 2.80. The molecule has 0 heterocycles. The summed E-state index contributed by atoms with van der Waals surface area (Å²) in [6.07, 6.45) is 1.06. The maximum atomic E-state index is 14.1. The van der Waals surface area contributed by atoms with Gasteiger partial charge in [-0.15, -0.1) is 0 Å². The first-order valence-electron chi connectivity index (χ1n) is 8.31. The third-order valence-corrected chi connectivity index (χ3v) is 9.00. The summed E-state index contributed by atoms with van der Waals surface area (Å²) in [6, 6.07) is 0. The largest absolute Gasteiger partial charge is 0.743 e. The van der Waals surface area contributed by atoms with Crippen molar-refractivity contribution >= 4 is 20.0 Å². The van der Waals surface area contributed by atoms with E-state index in [1.807, 2.05) is 0 Å². The van der Waals surface area contributed by atoms with Crippen molar-refractivity contribution in [1.82, 2.24) is 0 Å². The zero-order valence-corrected chi connectivity index (χ0v) is 15.8. The van der Waals surface area contributed by atoms with E-state index in [9.17, 15) is 52.8 Å². The third-order valence-electron chi connectivity index (χ3n) is 6.08. The van der Waals surface area contributed by atoms with Crippen LogP contribution in [0.2, 0.25) is 0 Å². The highest BCUT2D eigenvalue weighted by atomic mass is 32.2. The van der Waals surface area contributed by atoms with Gasteiger partial charge in [0.15, 0.2) is 10.1 Å². The van der Waals surface area contributed by atoms with Crippen molar-refractivity contribution in [1.29, 1.82) is 0 Å². The van der Waals surface area contributed by atoms with Crippen LogP contribution in [0.4, 0.5) is 26.3 Å². The number of aliphatic hydroxyl groups is 1. The maximum Gasteiger partial charge on any atom is 0.414 e. The number of halogens is 6. The average Bonchev–Trinajstić information content (AvgIpc) is 2.41. The molecular formula is C14H17F6O6S2-. The summed E-state index contributed by atoms with van der Waals surface area (Å²) in [4.78, 5) is 0. The molecular weight excluding hydrogens is 442 g/mol. The quantitative estimate of drug-likeness (QED) is 0.481. The van der Waals surface area contributed by atoms with Gasteiger partial charge in [0.2, 0.25) is 9.84 Å². The molecule has 164 valence electrons. The van der Waals surface area contributed by atoms with Gasteiger partial charge in [0, 0.05) is 0 Å². The van der Waals surface area contributed by atoms with Crippen LogP contribution >= 0.6 is 0 Å². The van der Waals surface area contributed by atoms with E-state index in [0.717, 1.165) is 0 Å². The van der Waals surface area contributed by atoms with Crippen molar-refractivity contribution in [2.24, 2.45) is 17.3 Å². The summed E-state index contributed by atoms with van der Waals surface area (Å²) < 4.78 is 137. The number of rotatable bonds is 6. The van der Waals surface area contributed by atoms with Crippen LogP contribution in [0.5, 0.6) is 0 Å². The Bertz CT molecular complexity index is 870. The van der Waals surface area contributed by atoms with Gasteiger partial charge in [0.05, 0.1) is 11.4 Å². The van der Waals surface area contributed by atoms with E-state index in [1.54, 1.807) is 0 Å². The predicted octanol–water partition coefficient (Wildman–Crippen LogP) is 2.10. The molecule has 0 aromatic carbocycles. The standard InChI is InChI=1S/C14H18F6O6S2/c15-12(16,14(19,20)28(24,25)26)13(17,18)27(22,23)7-10-2-8-1-9(3-10)5-11(21,4-8)6-10/h8-9,21H,1-7H2,(H,24,25,26)/p-1. The Balaban J connectivity index is 1.96. The van der Waals surface area contributed by atoms with Crippen molar-refractivity contribution in [2.45, 2.75) is 60.6 Å². The Hall–Kier alpha value is -0.600. The zero-order chi connectivity index (χ0) is 21.6. The van der Waals surface area contributed by atoms with Gasteiger partial charge >= 0.3 is 16.4 Å². The Morgan fingerprint density at radius 3 is 1.75 bits per heavy atom. The van der Waals surface area contributed by atoms with Crippen LogP contribution in [-0.4, -0.2) is 54.3 Å². The molecule has 4 rings (SSSR count). The molecule has 0 aliphatic heterocycles. The van der Waals surface area contributed by atoms with Crippen LogP contribution in [0.3, 0.4) is 0 Å². The molecule has 0 amide bonds. The molecule has 28 heavy (non-hydrogen) atoms. The monoisotopic (exact) mass is 459 g/mol. The van der Waals surface area contributed by atoms with E-state index in [-0.39, 0.29) is 31.1 Å². The lowest BCUT2D eigenvalue weighted by Crippen LogP contribution is -2.63. The molecule has 14 heteroatoms. The SMILES string of the molecule is O=S(=O)([O-])C(F)(F)C(F)(F)C(F)(F)S(=O)(=O)CC12CC3CC(CC(O)(C3)C1)C2. The van der Waals surface area contributed by atoms with Crippen LogP contribution in [0.15, 0.2) is 0 Å². The molecule has 4 saturated carbocycles. The normalized spacial score (nSPS) is 36.7. The minimum absolute atomic E-state index is 0.0446.